The molecule has 2 heteroatoms. The van der Waals surface area contributed by atoms with Crippen LogP contribution < -0.4 is 0 Å². The number of thiophene rings is 1. The molecule has 7 aromatic carbocycles. The topological polar surface area (TPSA) is 0 Å². The largest absolute Gasteiger partial charge is 0.135 e. The summed E-state index contributed by atoms with van der Waals surface area (Å²) in [6.45, 7) is 0. The van der Waals surface area contributed by atoms with Crippen molar-refractivity contribution in [3.8, 4) is 11.1 Å². The van der Waals surface area contributed by atoms with Crippen molar-refractivity contribution in [1.82, 2.24) is 0 Å². The van der Waals surface area contributed by atoms with Gasteiger partial charge in [-0.05, 0) is 95.7 Å². The summed E-state index contributed by atoms with van der Waals surface area (Å²) >= 11 is 3.88. The molecule has 10 rings (SSSR count). The van der Waals surface area contributed by atoms with Crippen molar-refractivity contribution in [2.45, 2.75) is 17.2 Å². The summed E-state index contributed by atoms with van der Waals surface area (Å²) in [6.07, 6.45) is 5.83. The number of fused-ring (bicyclic) bond motifs is 10. The summed E-state index contributed by atoms with van der Waals surface area (Å²) < 4.78 is 2.74. The van der Waals surface area contributed by atoms with Crippen LogP contribution in [0.2, 0.25) is 0 Å². The van der Waals surface area contributed by atoms with E-state index in [1.807, 2.05) is 23.1 Å². The molecule has 0 radical (unpaired) electrons. The van der Waals surface area contributed by atoms with Gasteiger partial charge < -0.3 is 0 Å². The first-order valence-electron chi connectivity index (χ1n) is 15.3. The smallest absolute Gasteiger partial charge is 0.0361 e. The van der Waals surface area contributed by atoms with Gasteiger partial charge in [-0.1, -0.05) is 127 Å². The molecule has 8 aromatic rings. The van der Waals surface area contributed by atoms with Gasteiger partial charge in [0.2, 0.25) is 0 Å². The Morgan fingerprint density at radius 3 is 1.93 bits per heavy atom. The van der Waals surface area contributed by atoms with E-state index >= 15 is 0 Å². The van der Waals surface area contributed by atoms with E-state index in [-0.39, 0.29) is 0 Å². The summed E-state index contributed by atoms with van der Waals surface area (Å²) in [5.41, 5.74) is 6.89. The molecule has 0 N–H and O–H groups in total. The monoisotopic (exact) mass is 594 g/mol. The maximum absolute atomic E-state index is 2.49. The molecule has 1 aliphatic heterocycles. The Morgan fingerprint density at radius 1 is 0.523 bits per heavy atom. The lowest BCUT2D eigenvalue weighted by molar-refractivity contribution is 0.854. The van der Waals surface area contributed by atoms with Gasteiger partial charge in [0.1, 0.15) is 0 Å². The first-order valence-corrected chi connectivity index (χ1v) is 16.9. The second-order valence-corrected chi connectivity index (χ2v) is 14.2. The molecule has 0 saturated heterocycles. The van der Waals surface area contributed by atoms with E-state index in [0.29, 0.717) is 5.92 Å². The zero-order chi connectivity index (χ0) is 28.8. The van der Waals surface area contributed by atoms with Gasteiger partial charge in [0, 0.05) is 31.0 Å². The predicted molar refractivity (Wildman–Crippen MR) is 193 cm³/mol. The Bertz CT molecular complexity index is 2490. The number of rotatable bonds is 2. The maximum atomic E-state index is 2.49. The molecule has 0 spiro atoms. The van der Waals surface area contributed by atoms with Gasteiger partial charge in [-0.3, -0.25) is 0 Å². The Balaban J connectivity index is 1.15. The predicted octanol–water partition coefficient (Wildman–Crippen LogP) is 12.7. The van der Waals surface area contributed by atoms with Gasteiger partial charge in [0.25, 0.3) is 0 Å². The summed E-state index contributed by atoms with van der Waals surface area (Å²) in [7, 11) is 0. The summed E-state index contributed by atoms with van der Waals surface area (Å²) in [5.74, 6) is 0.389. The van der Waals surface area contributed by atoms with Crippen molar-refractivity contribution >= 4 is 81.2 Å². The highest BCUT2D eigenvalue weighted by molar-refractivity contribution is 8.03. The van der Waals surface area contributed by atoms with Crippen LogP contribution in [0.25, 0.3) is 69.2 Å². The number of hydrogen-bond acceptors (Lipinski definition) is 2. The molecule has 2 heterocycles. The van der Waals surface area contributed by atoms with Gasteiger partial charge >= 0.3 is 0 Å². The fraction of sp³-hybridized carbons (Fsp3) is 0.0476. The van der Waals surface area contributed by atoms with Crippen molar-refractivity contribution in [3.05, 3.63) is 156 Å². The molecule has 1 atom stereocenters. The molecule has 1 aliphatic carbocycles. The minimum absolute atomic E-state index is 0.389. The third-order valence-electron chi connectivity index (χ3n) is 9.62. The third-order valence-corrected chi connectivity index (χ3v) is 12.0. The van der Waals surface area contributed by atoms with Gasteiger partial charge in [-0.25, -0.2) is 0 Å². The van der Waals surface area contributed by atoms with E-state index in [1.165, 1.54) is 90.1 Å². The number of benzene rings is 7. The van der Waals surface area contributed by atoms with Crippen LogP contribution in [-0.2, 0) is 0 Å². The molecule has 1 unspecified atom stereocenters. The van der Waals surface area contributed by atoms with Gasteiger partial charge in [-0.15, -0.1) is 11.3 Å². The lowest BCUT2D eigenvalue weighted by atomic mass is 9.80. The van der Waals surface area contributed by atoms with Crippen LogP contribution in [0.1, 0.15) is 23.5 Å². The minimum atomic E-state index is 0.389. The van der Waals surface area contributed by atoms with E-state index in [2.05, 4.69) is 140 Å². The summed E-state index contributed by atoms with van der Waals surface area (Å²) in [4.78, 5) is 2.89. The van der Waals surface area contributed by atoms with Crippen LogP contribution in [0.4, 0.5) is 0 Å². The highest BCUT2D eigenvalue weighted by Gasteiger charge is 2.32. The Kier molecular flexibility index (Phi) is 5.31. The molecule has 0 fully saturated rings. The maximum Gasteiger partial charge on any atom is 0.0361 e. The Labute approximate surface area is 264 Å². The van der Waals surface area contributed by atoms with Gasteiger partial charge in [-0.2, -0.15) is 0 Å². The standard InChI is InChI=1S/C42H26S2/c1-2-10-25(11-3-1)40-28-12-4-6-14-30(28)41(31-15-7-5-13-29(31)40)27-19-20-37-34(23-27)35-22-26-18-21-38-42(33(26)24-39(35)44-37)32-16-8-9-17-36(32)43-38/h1-22,24,34H,23H2. The lowest BCUT2D eigenvalue weighted by Gasteiger charge is -2.24. The highest BCUT2D eigenvalue weighted by Crippen LogP contribution is 2.56. The first kappa shape index (κ1) is 24.8. The van der Waals surface area contributed by atoms with Crippen molar-refractivity contribution in [2.75, 3.05) is 0 Å². The zero-order valence-electron chi connectivity index (χ0n) is 23.9. The highest BCUT2D eigenvalue weighted by atomic mass is 32.2. The van der Waals surface area contributed by atoms with Crippen molar-refractivity contribution < 1.29 is 0 Å². The molecule has 2 aliphatic rings. The normalized spacial score (nSPS) is 16.0. The van der Waals surface area contributed by atoms with Crippen molar-refractivity contribution in [1.29, 1.82) is 0 Å². The van der Waals surface area contributed by atoms with Crippen LogP contribution >= 0.6 is 23.1 Å². The SMILES string of the molecule is C1=C(c2c3ccccc3c(-c3ccccc3)c3ccccc23)CC2C(=C1)Sc1cc3c(ccc4sc5ccccc5c43)cc12. The van der Waals surface area contributed by atoms with E-state index in [9.17, 15) is 0 Å². The molecule has 44 heavy (non-hydrogen) atoms. The average Bonchev–Trinajstić information content (AvgIpc) is 3.64. The second-order valence-electron chi connectivity index (χ2n) is 12.0. The van der Waals surface area contributed by atoms with E-state index in [4.69, 9.17) is 0 Å². The van der Waals surface area contributed by atoms with E-state index < -0.39 is 0 Å². The van der Waals surface area contributed by atoms with Crippen LogP contribution in [0, 0.1) is 0 Å². The van der Waals surface area contributed by atoms with E-state index in [1.54, 1.807) is 0 Å². The number of allylic oxidation sites excluding steroid dienone is 4. The molecule has 1 aromatic heterocycles. The molecule has 0 saturated carbocycles. The molecule has 0 nitrogen and oxygen atoms in total. The summed E-state index contributed by atoms with van der Waals surface area (Å²) in [6, 6.07) is 47.4. The van der Waals surface area contributed by atoms with Crippen LogP contribution in [-0.4, -0.2) is 0 Å². The molecular formula is C42H26S2. The summed E-state index contributed by atoms with van der Waals surface area (Å²) in [5, 5.41) is 10.8. The molecule has 0 bridgehead atoms. The fourth-order valence-corrected chi connectivity index (χ4v) is 10.1. The second kappa shape index (κ2) is 9.43. The van der Waals surface area contributed by atoms with Crippen LogP contribution in [0.15, 0.2) is 149 Å². The van der Waals surface area contributed by atoms with Gasteiger partial charge in [0.15, 0.2) is 0 Å². The Hall–Kier alpha value is -4.63. The van der Waals surface area contributed by atoms with Gasteiger partial charge in [0.05, 0.1) is 0 Å². The lowest BCUT2D eigenvalue weighted by Crippen LogP contribution is -2.03. The Morgan fingerprint density at radius 2 is 1.18 bits per heavy atom. The first-order chi connectivity index (χ1) is 21.8. The third kappa shape index (κ3) is 3.53. The zero-order valence-corrected chi connectivity index (χ0v) is 25.5. The molecular weight excluding hydrogens is 569 g/mol. The van der Waals surface area contributed by atoms with Crippen molar-refractivity contribution in [3.63, 3.8) is 0 Å². The molecule has 0 amide bonds. The molecule has 206 valence electrons. The van der Waals surface area contributed by atoms with Crippen LogP contribution in [0.3, 0.4) is 0 Å². The minimum Gasteiger partial charge on any atom is -0.135 e. The fourth-order valence-electron chi connectivity index (χ4n) is 7.71. The van der Waals surface area contributed by atoms with Crippen molar-refractivity contribution in [2.24, 2.45) is 0 Å². The number of thioether (sulfide) groups is 1. The number of hydrogen-bond donors (Lipinski definition) is 0. The average molecular weight is 595 g/mol. The van der Waals surface area contributed by atoms with Crippen LogP contribution in [0.5, 0.6) is 0 Å². The quantitative estimate of drug-likeness (QED) is 0.179. The van der Waals surface area contributed by atoms with E-state index in [0.717, 1.165) is 6.42 Å².